The first-order valence-electron chi connectivity index (χ1n) is 13.0. The number of carboxylic acid groups (broad SMARTS) is 1. The van der Waals surface area contributed by atoms with Gasteiger partial charge in [-0.15, -0.1) is 0 Å². The maximum atomic E-state index is 11.3. The van der Waals surface area contributed by atoms with Gasteiger partial charge in [-0.05, 0) is 22.8 Å². The number of pyridine rings is 1. The molecule has 0 saturated carbocycles. The van der Waals surface area contributed by atoms with Gasteiger partial charge >= 0.3 is 5.97 Å². The fourth-order valence-corrected chi connectivity index (χ4v) is 5.06. The van der Waals surface area contributed by atoms with Gasteiger partial charge in [0.15, 0.2) is 16.6 Å². The van der Waals surface area contributed by atoms with Crippen molar-refractivity contribution < 1.29 is 19.7 Å². The predicted molar refractivity (Wildman–Crippen MR) is 162 cm³/mol. The molecule has 5 rings (SSSR count). The predicted octanol–water partition coefficient (Wildman–Crippen LogP) is 3.64. The number of thioether (sulfide) groups is 1. The number of nitrogens with zero attached hydrogens (tertiary/aromatic N) is 2. The number of ether oxygens (including phenoxy) is 1. The fourth-order valence-electron chi connectivity index (χ4n) is 4.20. The summed E-state index contributed by atoms with van der Waals surface area (Å²) in [6.45, 7) is 2.44. The number of carboxylic acids is 1. The Labute approximate surface area is 248 Å². The van der Waals surface area contributed by atoms with Crippen LogP contribution in [0.15, 0.2) is 69.3 Å². The summed E-state index contributed by atoms with van der Waals surface area (Å²) in [4.78, 5) is 45.1. The van der Waals surface area contributed by atoms with Crippen molar-refractivity contribution in [2.75, 3.05) is 37.4 Å². The Bertz CT molecular complexity index is 1780. The van der Waals surface area contributed by atoms with Crippen LogP contribution in [0.25, 0.3) is 33.5 Å². The molecule has 0 atom stereocenters. The standard InChI is InChI=1S/C29H26ClN5O6S/c30-20-13-21-28(35-29(33-21)42-15-22(36)37)34-23(20)19-7-5-18(6-8-19)17-3-1-16(2-4-17)14-31-9-11-41-12-10-32-24-25(38)27(40)26(24)39/h1-8,13,31-32,38H,9-12,14-15H2,(H,36,37)(H,33,34,35). The van der Waals surface area contributed by atoms with E-state index < -0.39 is 22.6 Å². The smallest absolute Gasteiger partial charge is 0.313 e. The third-order valence-electron chi connectivity index (χ3n) is 6.37. The number of carbonyl (C=O) groups is 1. The largest absolute Gasteiger partial charge is 0.502 e. The van der Waals surface area contributed by atoms with Crippen molar-refractivity contribution in [2.24, 2.45) is 0 Å². The quantitative estimate of drug-likeness (QED) is 0.0710. The number of hydrogen-bond donors (Lipinski definition) is 5. The normalized spacial score (nSPS) is 11.4. The lowest BCUT2D eigenvalue weighted by Gasteiger charge is -2.10. The number of aromatic nitrogens is 3. The Morgan fingerprint density at radius 2 is 1.62 bits per heavy atom. The van der Waals surface area contributed by atoms with Crippen LogP contribution in [-0.2, 0) is 16.1 Å². The number of anilines is 1. The topological polar surface area (TPSA) is 167 Å². The maximum Gasteiger partial charge on any atom is 0.313 e. The van der Waals surface area contributed by atoms with Gasteiger partial charge in [0.25, 0.3) is 10.9 Å². The zero-order valence-corrected chi connectivity index (χ0v) is 23.7. The van der Waals surface area contributed by atoms with Crippen molar-refractivity contribution in [1.82, 2.24) is 20.3 Å². The minimum Gasteiger partial charge on any atom is -0.502 e. The molecule has 3 aromatic carbocycles. The average Bonchev–Trinajstić information content (AvgIpc) is 3.40. The molecule has 0 saturated heterocycles. The monoisotopic (exact) mass is 607 g/mol. The van der Waals surface area contributed by atoms with Crippen molar-refractivity contribution in [3.05, 3.63) is 85.6 Å². The summed E-state index contributed by atoms with van der Waals surface area (Å²) >= 11 is 7.60. The van der Waals surface area contributed by atoms with Gasteiger partial charge in [0, 0.05) is 25.2 Å². The van der Waals surface area contributed by atoms with E-state index in [2.05, 4.69) is 49.9 Å². The maximum absolute atomic E-state index is 11.3. The molecular weight excluding hydrogens is 582 g/mol. The van der Waals surface area contributed by atoms with Crippen LogP contribution in [-0.4, -0.2) is 63.2 Å². The lowest BCUT2D eigenvalue weighted by atomic mass is 10.0. The summed E-state index contributed by atoms with van der Waals surface area (Å²) in [7, 11) is 0. The third-order valence-corrected chi connectivity index (χ3v) is 7.51. The molecule has 216 valence electrons. The first-order chi connectivity index (χ1) is 20.3. The molecule has 0 amide bonds. The highest BCUT2D eigenvalue weighted by Gasteiger charge is 2.19. The van der Waals surface area contributed by atoms with Gasteiger partial charge in [-0.3, -0.25) is 14.4 Å². The fraction of sp³-hybridized carbons (Fsp3) is 0.207. The van der Waals surface area contributed by atoms with Gasteiger partial charge in [0.05, 0.1) is 35.2 Å². The van der Waals surface area contributed by atoms with Gasteiger partial charge in [0.2, 0.25) is 0 Å². The number of halogens is 1. The van der Waals surface area contributed by atoms with E-state index in [0.29, 0.717) is 59.9 Å². The van der Waals surface area contributed by atoms with Crippen LogP contribution in [0.5, 0.6) is 5.75 Å². The molecule has 0 radical (unpaired) electrons. The van der Waals surface area contributed by atoms with Crippen LogP contribution < -0.4 is 21.5 Å². The molecule has 13 heteroatoms. The van der Waals surface area contributed by atoms with Crippen LogP contribution >= 0.6 is 23.4 Å². The lowest BCUT2D eigenvalue weighted by molar-refractivity contribution is -0.133. The molecule has 0 aliphatic heterocycles. The zero-order chi connectivity index (χ0) is 29.6. The number of rotatable bonds is 14. The molecule has 42 heavy (non-hydrogen) atoms. The molecule has 0 spiro atoms. The van der Waals surface area contributed by atoms with Crippen LogP contribution in [0.2, 0.25) is 5.02 Å². The summed E-state index contributed by atoms with van der Waals surface area (Å²) in [6.07, 6.45) is 0. The van der Waals surface area contributed by atoms with Crippen molar-refractivity contribution in [3.8, 4) is 28.1 Å². The minimum absolute atomic E-state index is 0.0418. The summed E-state index contributed by atoms with van der Waals surface area (Å²) in [5.74, 6) is -1.54. The SMILES string of the molecule is O=C(O)CSc1nc2nc(-c3ccc(-c4ccc(CNCCOCCNc5c(O)c(=O)c5=O)cc4)cc3)c(Cl)cc2[nH]1. The van der Waals surface area contributed by atoms with Crippen molar-refractivity contribution in [2.45, 2.75) is 11.7 Å². The van der Waals surface area contributed by atoms with Crippen molar-refractivity contribution >= 4 is 46.2 Å². The third kappa shape index (κ3) is 6.80. The Balaban J connectivity index is 1.09. The van der Waals surface area contributed by atoms with Gasteiger partial charge in [0.1, 0.15) is 5.69 Å². The van der Waals surface area contributed by atoms with Crippen molar-refractivity contribution in [3.63, 3.8) is 0 Å². The van der Waals surface area contributed by atoms with E-state index in [-0.39, 0.29) is 11.4 Å². The van der Waals surface area contributed by atoms with E-state index >= 15 is 0 Å². The molecule has 5 N–H and O–H groups in total. The Hall–Kier alpha value is -4.23. The van der Waals surface area contributed by atoms with E-state index in [1.807, 2.05) is 24.3 Å². The highest BCUT2D eigenvalue weighted by molar-refractivity contribution is 7.99. The highest BCUT2D eigenvalue weighted by atomic mass is 35.5. The van der Waals surface area contributed by atoms with Crippen LogP contribution in [0.1, 0.15) is 5.56 Å². The summed E-state index contributed by atoms with van der Waals surface area (Å²) in [6, 6.07) is 17.9. The number of benzene rings is 2. The number of imidazole rings is 1. The number of aromatic amines is 1. The van der Waals surface area contributed by atoms with E-state index in [0.717, 1.165) is 34.0 Å². The molecule has 0 aliphatic rings. The summed E-state index contributed by atoms with van der Waals surface area (Å²) < 4.78 is 5.49. The van der Waals surface area contributed by atoms with Crippen molar-refractivity contribution in [1.29, 1.82) is 0 Å². The number of fused-ring (bicyclic) bond motifs is 1. The number of H-pyrrole nitrogens is 1. The van der Waals surface area contributed by atoms with Gasteiger partial charge in [-0.2, -0.15) is 0 Å². The van der Waals surface area contributed by atoms with E-state index in [4.69, 9.17) is 21.4 Å². The van der Waals surface area contributed by atoms with E-state index in [9.17, 15) is 19.5 Å². The second kappa shape index (κ2) is 13.2. The Morgan fingerprint density at radius 3 is 2.31 bits per heavy atom. The average molecular weight is 608 g/mol. The molecule has 5 aromatic rings. The molecule has 0 bridgehead atoms. The molecule has 2 aromatic heterocycles. The van der Waals surface area contributed by atoms with Crippen LogP contribution in [0.4, 0.5) is 5.69 Å². The Morgan fingerprint density at radius 1 is 0.952 bits per heavy atom. The molecule has 0 fully saturated rings. The van der Waals surface area contributed by atoms with Gasteiger partial charge < -0.3 is 30.6 Å². The first-order valence-corrected chi connectivity index (χ1v) is 14.3. The summed E-state index contributed by atoms with van der Waals surface area (Å²) in [5, 5.41) is 25.1. The Kier molecular flexibility index (Phi) is 9.18. The minimum atomic E-state index is -0.922. The molecular formula is C29H26ClN5O6S. The summed E-state index contributed by atoms with van der Waals surface area (Å²) in [5.41, 5.74) is 4.18. The number of hydrogen-bond acceptors (Lipinski definition) is 10. The lowest BCUT2D eigenvalue weighted by Crippen LogP contribution is -2.34. The number of aliphatic carboxylic acids is 1. The highest BCUT2D eigenvalue weighted by Crippen LogP contribution is 2.31. The van der Waals surface area contributed by atoms with Crippen LogP contribution in [0, 0.1) is 0 Å². The second-order valence-corrected chi connectivity index (χ2v) is 10.7. The number of nitrogens with one attached hydrogen (secondary N) is 3. The van der Waals surface area contributed by atoms with E-state index in [1.165, 1.54) is 0 Å². The molecule has 0 aliphatic carbocycles. The van der Waals surface area contributed by atoms with Crippen LogP contribution in [0.3, 0.4) is 0 Å². The number of aromatic hydroxyl groups is 1. The van der Waals surface area contributed by atoms with E-state index in [1.54, 1.807) is 6.07 Å². The molecule has 11 nitrogen and oxygen atoms in total. The molecule has 2 heterocycles. The first kappa shape index (κ1) is 29.3. The zero-order valence-electron chi connectivity index (χ0n) is 22.1. The molecule has 0 unspecified atom stereocenters. The van der Waals surface area contributed by atoms with Gasteiger partial charge in [-0.1, -0.05) is 71.9 Å². The second-order valence-electron chi connectivity index (χ2n) is 9.29. The van der Waals surface area contributed by atoms with Gasteiger partial charge in [-0.25, -0.2) is 9.97 Å².